The van der Waals surface area contributed by atoms with Gasteiger partial charge in [-0.1, -0.05) is 54.9 Å². The van der Waals surface area contributed by atoms with Gasteiger partial charge in [-0.05, 0) is 38.8 Å². The highest BCUT2D eigenvalue weighted by atomic mass is 15.2. The minimum Gasteiger partial charge on any atom is -0.303 e. The summed E-state index contributed by atoms with van der Waals surface area (Å²) >= 11 is 0. The highest BCUT2D eigenvalue weighted by Gasteiger charge is 2.43. The van der Waals surface area contributed by atoms with Gasteiger partial charge in [0.1, 0.15) is 0 Å². The van der Waals surface area contributed by atoms with Crippen LogP contribution in [0.15, 0.2) is 0 Å². The van der Waals surface area contributed by atoms with Crippen molar-refractivity contribution in [2.75, 3.05) is 14.1 Å². The second-order valence-corrected chi connectivity index (χ2v) is 5.55. The first kappa shape index (κ1) is 18.3. The zero-order valence-corrected chi connectivity index (χ0v) is 13.4. The minimum absolute atomic E-state index is 0.294. The van der Waals surface area contributed by atoms with E-state index in [2.05, 4.69) is 60.5 Å². The van der Waals surface area contributed by atoms with E-state index in [9.17, 15) is 0 Å². The smallest absolute Gasteiger partial charge is 0.0226 e. The topological polar surface area (TPSA) is 3.24 Å². The van der Waals surface area contributed by atoms with Crippen LogP contribution in [0, 0.1) is 11.3 Å². The highest BCUT2D eigenvalue weighted by molar-refractivity contribution is 4.97. The van der Waals surface area contributed by atoms with E-state index in [1.165, 1.54) is 12.8 Å². The molecule has 0 aromatic carbocycles. The van der Waals surface area contributed by atoms with Crippen LogP contribution in [0.25, 0.3) is 0 Å². The third-order valence-corrected chi connectivity index (χ3v) is 4.91. The van der Waals surface area contributed by atoms with Gasteiger partial charge in [-0.2, -0.15) is 0 Å². The molecule has 0 aromatic heterocycles. The first-order valence-corrected chi connectivity index (χ1v) is 6.91. The van der Waals surface area contributed by atoms with Crippen LogP contribution in [0.3, 0.4) is 0 Å². The third-order valence-electron chi connectivity index (χ3n) is 4.91. The SMILES string of the molecule is CC.CCC(C)C(C)(C)C(C)(CC)N(C)C. The largest absolute Gasteiger partial charge is 0.303 e. The molecule has 0 rings (SSSR count). The summed E-state index contributed by atoms with van der Waals surface area (Å²) in [4.78, 5) is 2.39. The molecule has 16 heavy (non-hydrogen) atoms. The van der Waals surface area contributed by atoms with Crippen LogP contribution in [0.1, 0.15) is 68.2 Å². The first-order chi connectivity index (χ1) is 7.24. The second-order valence-electron chi connectivity index (χ2n) is 5.55. The molecule has 100 valence electrons. The Hall–Kier alpha value is -0.0400. The van der Waals surface area contributed by atoms with Gasteiger partial charge in [-0.25, -0.2) is 0 Å². The lowest BCUT2D eigenvalue weighted by Crippen LogP contribution is -2.55. The van der Waals surface area contributed by atoms with E-state index in [1.54, 1.807) is 0 Å². The Balaban J connectivity index is 0. The number of hydrogen-bond donors (Lipinski definition) is 0. The predicted molar refractivity (Wildman–Crippen MR) is 77.0 cm³/mol. The van der Waals surface area contributed by atoms with E-state index in [-0.39, 0.29) is 0 Å². The molecule has 0 N–H and O–H groups in total. The molecule has 0 saturated carbocycles. The van der Waals surface area contributed by atoms with Crippen LogP contribution >= 0.6 is 0 Å². The van der Waals surface area contributed by atoms with Gasteiger partial charge in [0.05, 0.1) is 0 Å². The summed E-state index contributed by atoms with van der Waals surface area (Å²) in [5.74, 6) is 0.759. The van der Waals surface area contributed by atoms with Gasteiger partial charge < -0.3 is 4.90 Å². The molecule has 0 fully saturated rings. The Morgan fingerprint density at radius 2 is 1.38 bits per heavy atom. The molecule has 0 heterocycles. The molecule has 0 saturated heterocycles. The maximum atomic E-state index is 2.41. The highest BCUT2D eigenvalue weighted by Crippen LogP contribution is 2.44. The van der Waals surface area contributed by atoms with Crippen LogP contribution in [0.2, 0.25) is 0 Å². The Labute approximate surface area is 105 Å². The Morgan fingerprint density at radius 1 is 1.00 bits per heavy atom. The number of rotatable bonds is 5. The summed E-state index contributed by atoms with van der Waals surface area (Å²) in [5.41, 5.74) is 0.655. The molecule has 0 aromatic rings. The fourth-order valence-corrected chi connectivity index (χ4v) is 2.39. The molecular weight excluding hydrogens is 194 g/mol. The third kappa shape index (κ3) is 3.48. The maximum absolute atomic E-state index is 2.41. The van der Waals surface area contributed by atoms with Gasteiger partial charge in [0.25, 0.3) is 0 Å². The van der Waals surface area contributed by atoms with Crippen LogP contribution < -0.4 is 0 Å². The minimum atomic E-state index is 0.294. The Kier molecular flexibility index (Phi) is 8.38. The van der Waals surface area contributed by atoms with Crippen LogP contribution in [-0.2, 0) is 0 Å². The van der Waals surface area contributed by atoms with E-state index in [1.807, 2.05) is 13.8 Å². The van der Waals surface area contributed by atoms with Crippen molar-refractivity contribution < 1.29 is 0 Å². The summed E-state index contributed by atoms with van der Waals surface area (Å²) in [7, 11) is 4.40. The average Bonchev–Trinajstić information content (AvgIpc) is 2.28. The number of hydrogen-bond acceptors (Lipinski definition) is 1. The second kappa shape index (κ2) is 7.32. The number of nitrogens with zero attached hydrogens (tertiary/aromatic N) is 1. The summed E-state index contributed by atoms with van der Waals surface area (Å²) in [6, 6.07) is 0. The zero-order chi connectivity index (χ0) is 13.6. The molecule has 0 amide bonds. The monoisotopic (exact) mass is 229 g/mol. The standard InChI is InChI=1S/C13H29N.C2H6/c1-9-11(3)12(4,5)13(6,10-2)14(7)8;1-2/h11H,9-10H2,1-8H3;1-2H3. The van der Waals surface area contributed by atoms with Crippen molar-refractivity contribution >= 4 is 0 Å². The van der Waals surface area contributed by atoms with E-state index in [4.69, 9.17) is 0 Å². The van der Waals surface area contributed by atoms with Crippen LogP contribution in [-0.4, -0.2) is 24.5 Å². The molecule has 2 unspecified atom stereocenters. The van der Waals surface area contributed by atoms with Crippen molar-refractivity contribution in [1.29, 1.82) is 0 Å². The average molecular weight is 229 g/mol. The van der Waals surface area contributed by atoms with Gasteiger partial charge in [0, 0.05) is 5.54 Å². The summed E-state index contributed by atoms with van der Waals surface area (Å²) in [6.45, 7) is 18.2. The fourth-order valence-electron chi connectivity index (χ4n) is 2.39. The lowest BCUT2D eigenvalue weighted by molar-refractivity contribution is -0.0103. The molecule has 0 aliphatic rings. The zero-order valence-electron chi connectivity index (χ0n) is 13.4. The van der Waals surface area contributed by atoms with Gasteiger partial charge in [-0.3, -0.25) is 0 Å². The Morgan fingerprint density at radius 3 is 1.56 bits per heavy atom. The first-order valence-electron chi connectivity index (χ1n) is 6.91. The van der Waals surface area contributed by atoms with Gasteiger partial charge in [0.15, 0.2) is 0 Å². The summed E-state index contributed by atoms with van der Waals surface area (Å²) < 4.78 is 0. The van der Waals surface area contributed by atoms with Crippen molar-refractivity contribution in [3.63, 3.8) is 0 Å². The van der Waals surface area contributed by atoms with Crippen molar-refractivity contribution in [2.45, 2.75) is 73.8 Å². The van der Waals surface area contributed by atoms with E-state index in [0.29, 0.717) is 11.0 Å². The van der Waals surface area contributed by atoms with Crippen molar-refractivity contribution in [3.05, 3.63) is 0 Å². The fraction of sp³-hybridized carbons (Fsp3) is 1.00. The molecule has 0 aliphatic carbocycles. The lowest BCUT2D eigenvalue weighted by Gasteiger charge is -2.52. The van der Waals surface area contributed by atoms with E-state index in [0.717, 1.165) is 5.92 Å². The molecular formula is C15H35N. The van der Waals surface area contributed by atoms with Gasteiger partial charge >= 0.3 is 0 Å². The van der Waals surface area contributed by atoms with Crippen molar-refractivity contribution in [1.82, 2.24) is 4.90 Å². The van der Waals surface area contributed by atoms with Crippen molar-refractivity contribution in [2.24, 2.45) is 11.3 Å². The summed E-state index contributed by atoms with van der Waals surface area (Å²) in [5, 5.41) is 0. The van der Waals surface area contributed by atoms with Gasteiger partial charge in [-0.15, -0.1) is 0 Å². The predicted octanol–water partition coefficient (Wildman–Crippen LogP) is 4.82. The molecule has 1 heteroatoms. The van der Waals surface area contributed by atoms with E-state index < -0.39 is 0 Å². The lowest BCUT2D eigenvalue weighted by atomic mass is 9.63. The molecule has 0 radical (unpaired) electrons. The normalized spacial score (nSPS) is 17.4. The molecule has 0 spiro atoms. The van der Waals surface area contributed by atoms with Crippen LogP contribution in [0.5, 0.6) is 0 Å². The van der Waals surface area contributed by atoms with Crippen molar-refractivity contribution in [3.8, 4) is 0 Å². The van der Waals surface area contributed by atoms with Gasteiger partial charge in [0.2, 0.25) is 0 Å². The molecule has 2 atom stereocenters. The van der Waals surface area contributed by atoms with Crippen LogP contribution in [0.4, 0.5) is 0 Å². The van der Waals surface area contributed by atoms with E-state index >= 15 is 0 Å². The quantitative estimate of drug-likeness (QED) is 0.653. The molecule has 0 bridgehead atoms. The molecule has 1 nitrogen and oxygen atoms in total. The maximum Gasteiger partial charge on any atom is 0.0226 e. The Bertz CT molecular complexity index is 172. The summed E-state index contributed by atoms with van der Waals surface area (Å²) in [6.07, 6.45) is 2.47. The molecule has 0 aliphatic heterocycles.